The van der Waals surface area contributed by atoms with Crippen molar-refractivity contribution in [2.24, 2.45) is 0 Å². The first kappa shape index (κ1) is 88.7. The summed E-state index contributed by atoms with van der Waals surface area (Å²) in [7, 11) is -5.12. The number of allylic oxidation sites excluding steroid dienone is 2. The number of hydrogen-bond acceptors (Lipinski definition) is 6. The lowest BCUT2D eigenvalue weighted by atomic mass is 10.0. The van der Waals surface area contributed by atoms with E-state index in [2.05, 4.69) is 203 Å². The van der Waals surface area contributed by atoms with E-state index in [4.69, 9.17) is 23.8 Å². The smallest absolute Gasteiger partial charge is 0.306 e. The lowest BCUT2D eigenvalue weighted by Gasteiger charge is -2.45. The van der Waals surface area contributed by atoms with E-state index < -0.39 is 22.6 Å². The van der Waals surface area contributed by atoms with Crippen LogP contribution in [0.25, 0.3) is 0 Å². The van der Waals surface area contributed by atoms with Gasteiger partial charge in [0.2, 0.25) is 0 Å². The number of carbonyl (C=O) groups excluding carboxylic acids is 1. The number of ether oxygens (including phenoxy) is 1. The fourth-order valence-corrected chi connectivity index (χ4v) is 23.2. The number of carbonyl (C=O) groups is 2. The summed E-state index contributed by atoms with van der Waals surface area (Å²) in [5.74, 6) is -0.733. The van der Waals surface area contributed by atoms with Crippen LogP contribution < -0.4 is 20.7 Å². The third-order valence-electron chi connectivity index (χ3n) is 19.3. The summed E-state index contributed by atoms with van der Waals surface area (Å²) in [5, 5.41) is 22.7. The average Bonchev–Trinajstić information content (AvgIpc) is 0.756. The average molecular weight is 1370 g/mol. The molecule has 97 heavy (non-hydrogen) atoms. The Hall–Kier alpha value is -4.39. The van der Waals surface area contributed by atoms with E-state index in [1.165, 1.54) is 207 Å². The highest BCUT2D eigenvalue weighted by Gasteiger charge is 2.52. The molecule has 0 bridgehead atoms. The Bertz CT molecular complexity index is 2410. The van der Waals surface area contributed by atoms with E-state index in [0.29, 0.717) is 19.4 Å². The highest BCUT2D eigenvalue weighted by atomic mass is 28.4. The minimum Gasteiger partial charge on any atom is -0.481 e. The largest absolute Gasteiger partial charge is 0.481 e. The fraction of sp³-hybridized carbons (Fsp3) is 0.659. The number of unbranched alkanes of at least 4 members (excludes halogenated alkanes) is 30. The van der Waals surface area contributed by atoms with Crippen molar-refractivity contribution in [3.63, 3.8) is 0 Å². The molecule has 4 rings (SSSR count). The van der Waals surface area contributed by atoms with E-state index in [1.54, 1.807) is 0 Å². The Morgan fingerprint density at radius 3 is 0.918 bits per heavy atom. The predicted molar refractivity (Wildman–Crippen MR) is 426 cm³/mol. The second kappa shape index (κ2) is 57.3. The number of aliphatic hydroxyl groups is 1. The van der Waals surface area contributed by atoms with Gasteiger partial charge >= 0.3 is 11.9 Å². The molecule has 0 aliphatic heterocycles. The Morgan fingerprint density at radius 2 is 0.629 bits per heavy atom. The molecule has 2 N–H and O–H groups in total. The van der Waals surface area contributed by atoms with Crippen LogP contribution in [-0.4, -0.2) is 64.2 Å². The summed E-state index contributed by atoms with van der Waals surface area (Å²) < 4.78 is 20.6. The number of rotatable bonds is 55. The normalized spacial score (nSPS) is 12.7. The molecule has 0 saturated heterocycles. The van der Waals surface area contributed by atoms with Gasteiger partial charge in [-0.3, -0.25) is 9.59 Å². The molecular weight excluding hydrogens is 1230 g/mol. The molecule has 0 amide bonds. The first-order valence-electron chi connectivity index (χ1n) is 39.9. The Kier molecular flexibility index (Phi) is 52.4. The van der Waals surface area contributed by atoms with Gasteiger partial charge in [-0.15, -0.1) is 0 Å². The molecule has 0 aliphatic carbocycles. The van der Waals surface area contributed by atoms with E-state index in [1.807, 2.05) is 12.2 Å². The zero-order valence-corrected chi connectivity index (χ0v) is 66.1. The highest BCUT2D eigenvalue weighted by Crippen LogP contribution is 2.40. The molecule has 0 heterocycles. The number of hydrogen-bond donors (Lipinski definition) is 2. The molecule has 548 valence electrons. The summed E-state index contributed by atoms with van der Waals surface area (Å²) in [6.45, 7) is 23.9. The van der Waals surface area contributed by atoms with E-state index in [0.717, 1.165) is 70.6 Å². The van der Waals surface area contributed by atoms with Crippen molar-refractivity contribution < 1.29 is 33.4 Å². The van der Waals surface area contributed by atoms with Crippen molar-refractivity contribution >= 4 is 49.3 Å². The van der Waals surface area contributed by atoms with Gasteiger partial charge in [0, 0.05) is 25.0 Å². The first-order chi connectivity index (χ1) is 47.1. The number of benzene rings is 4. The third kappa shape index (κ3) is 39.4. The monoisotopic (exact) mass is 1370 g/mol. The molecule has 7 nitrogen and oxygen atoms in total. The molecule has 0 fully saturated rings. The molecule has 4 aromatic carbocycles. The summed E-state index contributed by atoms with van der Waals surface area (Å²) >= 11 is 0. The summed E-state index contributed by atoms with van der Waals surface area (Å²) in [5.41, 5.74) is 0. The van der Waals surface area contributed by atoms with Crippen LogP contribution in [0.4, 0.5) is 0 Å². The van der Waals surface area contributed by atoms with Crippen molar-refractivity contribution in [1.82, 2.24) is 0 Å². The maximum absolute atomic E-state index is 12.1. The molecule has 4 aromatic rings. The van der Waals surface area contributed by atoms with Gasteiger partial charge in [0.15, 0.2) is 0 Å². The number of aliphatic hydroxyl groups excluding tert-OH is 1. The predicted octanol–water partition coefficient (Wildman–Crippen LogP) is 24.0. The van der Waals surface area contributed by atoms with Gasteiger partial charge in [-0.25, -0.2) is 0 Å². The van der Waals surface area contributed by atoms with E-state index >= 15 is 0 Å². The maximum Gasteiger partial charge on any atom is 0.306 e. The number of aliphatic carboxylic acids is 1. The van der Waals surface area contributed by atoms with Gasteiger partial charge < -0.3 is 23.8 Å². The van der Waals surface area contributed by atoms with Crippen molar-refractivity contribution in [1.29, 1.82) is 0 Å². The standard InChI is InChI=1S/C44H72O3Si.C35H56O3Si.C9H18O/c1-6-8-10-12-14-18-24-32-40(33-25-19-15-16-20-30-38-43(45)46-39-31-21-17-13-11-9-7-2)47-48(44(3,4)5,41-34-26-22-27-35-41)42-36-28-23-29-37-42;1-5-6-7-8-9-12-17-24-31(25-18-13-10-11-14-23-30-34(36)37)38-39(35(2,3)4,32-26-19-15-20-27-32)33-28-21-16-22-29-33;1-2-3-4-5-6-7-8-9-10/h21-23,26-29,31,34-37,40H,6-20,24-25,30,32-33,38-39H2,1-5H3;15-16,19-22,26-29,31H,5-14,17-18,23-25,30H2,1-4H3,(H,36,37);7-8,10H,2-6,9H2,1H3/b31-21-;;8-7-. The second-order valence-corrected chi connectivity index (χ2v) is 38.4. The zero-order valence-electron chi connectivity index (χ0n) is 64.1. The molecule has 0 radical (unpaired) electrons. The molecular formula is C88H146O7Si2. The van der Waals surface area contributed by atoms with Crippen LogP contribution >= 0.6 is 0 Å². The van der Waals surface area contributed by atoms with Gasteiger partial charge in [0.05, 0.1) is 6.61 Å². The number of carboxylic acids is 1. The Balaban J connectivity index is 0.000000586. The Labute approximate surface area is 599 Å². The SMILES string of the molecule is CCCCCC/C=C\CO.CCCCCC/C=C\COC(=O)CCCCCCCCC(CCCCCCCCC)O[Si](c1ccccc1)(c1ccccc1)C(C)(C)C.CCCCCCCCCC(CCCCCCCCC(=O)O)O[Si](c1ccccc1)(c1ccccc1)C(C)(C)C. The lowest BCUT2D eigenvalue weighted by molar-refractivity contribution is -0.142. The van der Waals surface area contributed by atoms with E-state index in [9.17, 15) is 9.59 Å². The van der Waals surface area contributed by atoms with Crippen molar-refractivity contribution in [2.75, 3.05) is 13.2 Å². The van der Waals surface area contributed by atoms with Crippen molar-refractivity contribution in [3.05, 3.63) is 146 Å². The van der Waals surface area contributed by atoms with Gasteiger partial charge in [-0.2, -0.15) is 0 Å². The zero-order chi connectivity index (χ0) is 70.8. The van der Waals surface area contributed by atoms with Crippen LogP contribution in [0.15, 0.2) is 146 Å². The minimum absolute atomic E-state index is 0.000207. The molecule has 2 atom stereocenters. The third-order valence-corrected chi connectivity index (χ3v) is 29.5. The quantitative estimate of drug-likeness (QED) is 0.0196. The highest BCUT2D eigenvalue weighted by molar-refractivity contribution is 7.00. The van der Waals surface area contributed by atoms with Crippen LogP contribution in [0.1, 0.15) is 339 Å². The fourth-order valence-electron chi connectivity index (χ4n) is 13.7. The van der Waals surface area contributed by atoms with Crippen LogP contribution in [0.2, 0.25) is 10.1 Å². The number of esters is 1. The van der Waals surface area contributed by atoms with Crippen LogP contribution in [0.3, 0.4) is 0 Å². The van der Waals surface area contributed by atoms with Crippen LogP contribution in [0.5, 0.6) is 0 Å². The van der Waals surface area contributed by atoms with Crippen LogP contribution in [-0.2, 0) is 23.2 Å². The summed E-state index contributed by atoms with van der Waals surface area (Å²) in [6.07, 6.45) is 58.4. The topological polar surface area (TPSA) is 102 Å². The maximum atomic E-state index is 12.1. The minimum atomic E-state index is -2.57. The molecule has 0 aromatic heterocycles. The summed E-state index contributed by atoms with van der Waals surface area (Å²) in [4.78, 5) is 22.9. The first-order valence-corrected chi connectivity index (χ1v) is 43.7. The lowest BCUT2D eigenvalue weighted by Crippen LogP contribution is -2.67. The van der Waals surface area contributed by atoms with Crippen molar-refractivity contribution in [2.45, 2.75) is 361 Å². The van der Waals surface area contributed by atoms with E-state index in [-0.39, 0.29) is 34.9 Å². The van der Waals surface area contributed by atoms with Gasteiger partial charge in [-0.1, -0.05) is 407 Å². The van der Waals surface area contributed by atoms with Gasteiger partial charge in [0.25, 0.3) is 16.6 Å². The Morgan fingerprint density at radius 1 is 0.361 bits per heavy atom. The molecule has 0 saturated carbocycles. The molecule has 0 spiro atoms. The molecule has 0 aliphatic rings. The number of carboxylic acid groups (broad SMARTS) is 1. The van der Waals surface area contributed by atoms with Gasteiger partial charge in [-0.05, 0) is 95.0 Å². The van der Waals surface area contributed by atoms with Crippen LogP contribution in [0, 0.1) is 0 Å². The molecule has 2 unspecified atom stereocenters. The van der Waals surface area contributed by atoms with Crippen molar-refractivity contribution in [3.8, 4) is 0 Å². The summed E-state index contributed by atoms with van der Waals surface area (Å²) in [6, 6.07) is 44.4. The molecule has 9 heteroatoms. The second-order valence-electron chi connectivity index (χ2n) is 29.8. The van der Waals surface area contributed by atoms with Gasteiger partial charge in [0.1, 0.15) is 6.61 Å².